The molecule has 0 aliphatic carbocycles. The summed E-state index contributed by atoms with van der Waals surface area (Å²) >= 11 is 1.69. The smallest absolute Gasteiger partial charge is 0.331 e. The minimum Gasteiger partial charge on any atom is -0.494 e. The fourth-order valence-electron chi connectivity index (χ4n) is 3.57. The second-order valence-corrected chi connectivity index (χ2v) is 8.46. The Morgan fingerprint density at radius 2 is 1.87 bits per heavy atom. The van der Waals surface area contributed by atoms with Crippen LogP contribution in [0.2, 0.25) is 0 Å². The van der Waals surface area contributed by atoms with Gasteiger partial charge in [-0.05, 0) is 24.1 Å². The van der Waals surface area contributed by atoms with Gasteiger partial charge in [0.05, 0.1) is 11.4 Å². The number of aromatic amines is 1. The van der Waals surface area contributed by atoms with Gasteiger partial charge in [0.25, 0.3) is 5.56 Å². The number of benzene rings is 2. The number of nitrogens with zero attached hydrogens (tertiary/aromatic N) is 2. The molecule has 4 rings (SSSR count). The maximum atomic E-state index is 12.7. The Labute approximate surface area is 178 Å². The highest BCUT2D eigenvalue weighted by atomic mass is 32.2. The molecular weight excluding hydrogens is 398 g/mol. The van der Waals surface area contributed by atoms with Crippen LogP contribution in [0.15, 0.2) is 74.1 Å². The first kappa shape index (κ1) is 20.2. The van der Waals surface area contributed by atoms with E-state index in [2.05, 4.69) is 17.1 Å². The van der Waals surface area contributed by atoms with Gasteiger partial charge in [-0.25, -0.2) is 4.79 Å². The van der Waals surface area contributed by atoms with E-state index in [1.54, 1.807) is 11.8 Å². The lowest BCUT2D eigenvalue weighted by Gasteiger charge is -2.17. The fraction of sp³-hybridized carbons (Fsp3) is 0.261. The van der Waals surface area contributed by atoms with Crippen molar-refractivity contribution in [2.24, 2.45) is 4.99 Å². The van der Waals surface area contributed by atoms with Crippen molar-refractivity contribution in [3.05, 3.63) is 86.6 Å². The van der Waals surface area contributed by atoms with Gasteiger partial charge in [0.1, 0.15) is 5.56 Å². The van der Waals surface area contributed by atoms with E-state index in [0.717, 1.165) is 29.0 Å². The summed E-state index contributed by atoms with van der Waals surface area (Å²) in [4.78, 5) is 33.1. The molecule has 1 atom stereocenters. The third-order valence-corrected chi connectivity index (χ3v) is 6.46. The van der Waals surface area contributed by atoms with Gasteiger partial charge < -0.3 is 5.11 Å². The number of aromatic hydroxyl groups is 1. The Hall–Kier alpha value is -3.06. The van der Waals surface area contributed by atoms with Crippen LogP contribution in [-0.2, 0) is 6.54 Å². The molecule has 6 nitrogen and oxygen atoms in total. The van der Waals surface area contributed by atoms with E-state index in [4.69, 9.17) is 4.99 Å². The lowest BCUT2D eigenvalue weighted by atomic mass is 10.0. The highest BCUT2D eigenvalue weighted by molar-refractivity contribution is 7.99. The summed E-state index contributed by atoms with van der Waals surface area (Å²) in [7, 11) is 0. The van der Waals surface area contributed by atoms with Crippen molar-refractivity contribution < 1.29 is 5.11 Å². The zero-order valence-corrected chi connectivity index (χ0v) is 17.5. The van der Waals surface area contributed by atoms with Gasteiger partial charge >= 0.3 is 5.69 Å². The van der Waals surface area contributed by atoms with Crippen LogP contribution in [-0.4, -0.2) is 20.4 Å². The van der Waals surface area contributed by atoms with Crippen molar-refractivity contribution in [1.82, 2.24) is 9.55 Å². The average molecular weight is 422 g/mol. The normalized spacial score (nSPS) is 15.9. The maximum Gasteiger partial charge on any atom is 0.331 e. The molecule has 2 heterocycles. The molecule has 0 amide bonds. The molecule has 1 aromatic heterocycles. The molecule has 7 heteroatoms. The van der Waals surface area contributed by atoms with Gasteiger partial charge in [-0.1, -0.05) is 55.8 Å². The number of H-pyrrole nitrogens is 1. The Morgan fingerprint density at radius 3 is 2.63 bits per heavy atom. The Bertz CT molecular complexity index is 1200. The van der Waals surface area contributed by atoms with E-state index in [1.807, 2.05) is 49.4 Å². The van der Waals surface area contributed by atoms with Crippen LogP contribution >= 0.6 is 11.8 Å². The van der Waals surface area contributed by atoms with E-state index in [0.29, 0.717) is 18.7 Å². The monoisotopic (exact) mass is 421 g/mol. The zero-order valence-electron chi connectivity index (χ0n) is 16.7. The summed E-state index contributed by atoms with van der Waals surface area (Å²) in [6, 6.07) is 17.8. The summed E-state index contributed by atoms with van der Waals surface area (Å²) in [5.74, 6) is -0.313. The molecule has 30 heavy (non-hydrogen) atoms. The predicted octanol–water partition coefficient (Wildman–Crippen LogP) is 4.40. The minimum atomic E-state index is -0.611. The molecule has 2 N–H and O–H groups in total. The molecule has 0 bridgehead atoms. The van der Waals surface area contributed by atoms with Crippen molar-refractivity contribution >= 4 is 23.2 Å². The number of para-hydroxylation sites is 1. The Kier molecular flexibility index (Phi) is 5.90. The Balaban J connectivity index is 1.88. The summed E-state index contributed by atoms with van der Waals surface area (Å²) in [6.45, 7) is 2.34. The van der Waals surface area contributed by atoms with Crippen LogP contribution in [0.1, 0.15) is 42.6 Å². The summed E-state index contributed by atoms with van der Waals surface area (Å²) in [5, 5.41) is 10.9. The molecule has 0 radical (unpaired) electrons. The van der Waals surface area contributed by atoms with Gasteiger partial charge in [0.15, 0.2) is 0 Å². The average Bonchev–Trinajstić information content (AvgIpc) is 2.93. The van der Waals surface area contributed by atoms with E-state index in [9.17, 15) is 14.7 Å². The minimum absolute atomic E-state index is 0.0171. The van der Waals surface area contributed by atoms with Crippen LogP contribution in [0.25, 0.3) is 0 Å². The second kappa shape index (κ2) is 8.75. The second-order valence-electron chi connectivity index (χ2n) is 7.21. The first-order valence-electron chi connectivity index (χ1n) is 10.0. The number of hydrogen-bond acceptors (Lipinski definition) is 5. The SMILES string of the molecule is CCCCn1c(O)c(C2=Nc3ccccc3S[C@H](c3ccccc3)C2)c(=O)[nH]c1=O. The standard InChI is InChI=1S/C23H23N3O3S/c1-2-3-13-26-22(28)20(21(27)25-23(26)29)17-14-19(15-9-5-4-6-10-15)30-18-12-8-7-11-16(18)24-17/h4-12,19,28H,2-3,13-14H2,1H3,(H,25,27,29)/t19-/m0/s1. The van der Waals surface area contributed by atoms with Crippen molar-refractivity contribution in [3.8, 4) is 5.88 Å². The topological polar surface area (TPSA) is 87.4 Å². The van der Waals surface area contributed by atoms with E-state index in [1.165, 1.54) is 4.57 Å². The Morgan fingerprint density at radius 1 is 1.13 bits per heavy atom. The molecular formula is C23H23N3O3S. The fourth-order valence-corrected chi connectivity index (χ4v) is 4.80. The summed E-state index contributed by atoms with van der Waals surface area (Å²) in [6.07, 6.45) is 2.03. The van der Waals surface area contributed by atoms with Crippen LogP contribution in [0.4, 0.5) is 5.69 Å². The van der Waals surface area contributed by atoms with Gasteiger partial charge in [0.2, 0.25) is 5.88 Å². The molecule has 1 aliphatic rings. The molecule has 1 aliphatic heterocycles. The van der Waals surface area contributed by atoms with Crippen molar-refractivity contribution in [3.63, 3.8) is 0 Å². The lowest BCUT2D eigenvalue weighted by Crippen LogP contribution is -2.34. The van der Waals surface area contributed by atoms with Gasteiger partial charge in [-0.3, -0.25) is 19.3 Å². The van der Waals surface area contributed by atoms with Crippen molar-refractivity contribution in [1.29, 1.82) is 0 Å². The number of thioether (sulfide) groups is 1. The van der Waals surface area contributed by atoms with Crippen LogP contribution in [0.5, 0.6) is 5.88 Å². The van der Waals surface area contributed by atoms with Gasteiger partial charge in [0, 0.05) is 23.1 Å². The highest BCUT2D eigenvalue weighted by Crippen LogP contribution is 2.45. The quantitative estimate of drug-likeness (QED) is 0.639. The van der Waals surface area contributed by atoms with E-state index in [-0.39, 0.29) is 16.7 Å². The van der Waals surface area contributed by atoms with E-state index >= 15 is 0 Å². The van der Waals surface area contributed by atoms with Crippen LogP contribution < -0.4 is 11.2 Å². The summed E-state index contributed by atoms with van der Waals surface area (Å²) < 4.78 is 1.23. The first-order chi connectivity index (χ1) is 14.6. The summed E-state index contributed by atoms with van der Waals surface area (Å²) in [5.41, 5.74) is 1.20. The van der Waals surface area contributed by atoms with Crippen LogP contribution in [0.3, 0.4) is 0 Å². The van der Waals surface area contributed by atoms with Crippen molar-refractivity contribution in [2.45, 2.75) is 42.9 Å². The first-order valence-corrected chi connectivity index (χ1v) is 10.9. The predicted molar refractivity (Wildman–Crippen MR) is 120 cm³/mol. The number of unbranched alkanes of at least 4 members (excludes halogenated alkanes) is 1. The highest BCUT2D eigenvalue weighted by Gasteiger charge is 2.27. The lowest BCUT2D eigenvalue weighted by molar-refractivity contribution is 0.394. The molecule has 3 aromatic rings. The molecule has 2 aromatic carbocycles. The van der Waals surface area contributed by atoms with Crippen molar-refractivity contribution in [2.75, 3.05) is 0 Å². The maximum absolute atomic E-state index is 12.7. The number of fused-ring (bicyclic) bond motifs is 1. The van der Waals surface area contributed by atoms with Gasteiger partial charge in [-0.15, -0.1) is 11.8 Å². The number of aliphatic imine (C=N–C) groups is 1. The molecule has 154 valence electrons. The third kappa shape index (κ3) is 3.98. The zero-order chi connectivity index (χ0) is 21.1. The van der Waals surface area contributed by atoms with Crippen LogP contribution in [0, 0.1) is 0 Å². The van der Waals surface area contributed by atoms with Gasteiger partial charge in [-0.2, -0.15) is 0 Å². The molecule has 0 saturated carbocycles. The third-order valence-electron chi connectivity index (χ3n) is 5.14. The number of rotatable bonds is 5. The molecule has 0 saturated heterocycles. The number of hydrogen-bond donors (Lipinski definition) is 2. The molecule has 0 unspecified atom stereocenters. The number of nitrogens with one attached hydrogen (secondary N) is 1. The van der Waals surface area contributed by atoms with E-state index < -0.39 is 11.2 Å². The number of aromatic nitrogens is 2. The molecule has 0 spiro atoms. The molecule has 0 fully saturated rings. The largest absolute Gasteiger partial charge is 0.494 e.